The zero-order valence-electron chi connectivity index (χ0n) is 21.6. The maximum Gasteiger partial charge on any atom is 0.264 e. The van der Waals surface area contributed by atoms with Gasteiger partial charge in [0.25, 0.3) is 10.0 Å². The van der Waals surface area contributed by atoms with E-state index < -0.39 is 27.8 Å². The molecule has 1 aliphatic heterocycles. The molecule has 0 saturated heterocycles. The van der Waals surface area contributed by atoms with Gasteiger partial charge >= 0.3 is 0 Å². The third-order valence-corrected chi connectivity index (χ3v) is 8.30. The second kappa shape index (κ2) is 11.5. The molecule has 0 spiro atoms. The van der Waals surface area contributed by atoms with Crippen LogP contribution in [0.15, 0.2) is 71.9 Å². The summed E-state index contributed by atoms with van der Waals surface area (Å²) < 4.78 is 68.6. The van der Waals surface area contributed by atoms with Gasteiger partial charge in [0.2, 0.25) is 0 Å². The van der Waals surface area contributed by atoms with Gasteiger partial charge in [0.15, 0.2) is 11.6 Å². The van der Waals surface area contributed by atoms with Crippen molar-refractivity contribution in [3.63, 3.8) is 0 Å². The van der Waals surface area contributed by atoms with Crippen LogP contribution in [0.3, 0.4) is 0 Å². The highest BCUT2D eigenvalue weighted by Crippen LogP contribution is 2.39. The molecular formula is C28H28ClF2N3O4S. The summed E-state index contributed by atoms with van der Waals surface area (Å²) in [6.07, 6.45) is 1.14. The number of anilines is 1. The average molecular weight is 576 g/mol. The van der Waals surface area contributed by atoms with Crippen molar-refractivity contribution in [1.82, 2.24) is 10.6 Å². The second-order valence-corrected chi connectivity index (χ2v) is 11.1. The molecule has 0 amide bonds. The summed E-state index contributed by atoms with van der Waals surface area (Å²) >= 11 is 6.23. The van der Waals surface area contributed by atoms with Crippen LogP contribution in [-0.4, -0.2) is 41.8 Å². The predicted octanol–water partition coefficient (Wildman–Crippen LogP) is 5.42. The molecule has 0 aromatic heterocycles. The summed E-state index contributed by atoms with van der Waals surface area (Å²) in [5, 5.41) is 6.19. The molecule has 1 aliphatic rings. The Morgan fingerprint density at radius 2 is 1.97 bits per heavy atom. The van der Waals surface area contributed by atoms with Gasteiger partial charge < -0.3 is 20.1 Å². The van der Waals surface area contributed by atoms with Gasteiger partial charge in [-0.05, 0) is 54.5 Å². The third-order valence-electron chi connectivity index (χ3n) is 6.21. The van der Waals surface area contributed by atoms with Crippen molar-refractivity contribution in [2.24, 2.45) is 0 Å². The van der Waals surface area contributed by atoms with E-state index in [1.54, 1.807) is 44.3 Å². The van der Waals surface area contributed by atoms with E-state index in [4.69, 9.17) is 21.1 Å². The Kier molecular flexibility index (Phi) is 8.36. The lowest BCUT2D eigenvalue weighted by molar-refractivity contribution is 0.199. The third kappa shape index (κ3) is 5.97. The Balaban J connectivity index is 1.78. The number of nitrogens with one attached hydrogen (secondary N) is 2. The van der Waals surface area contributed by atoms with E-state index in [2.05, 4.69) is 17.2 Å². The fourth-order valence-electron chi connectivity index (χ4n) is 4.20. The molecule has 3 aromatic rings. The number of nitrogens with zero attached hydrogens (tertiary/aromatic N) is 1. The maximum absolute atomic E-state index is 14.5. The van der Waals surface area contributed by atoms with Crippen LogP contribution in [0.2, 0.25) is 5.02 Å². The van der Waals surface area contributed by atoms with E-state index >= 15 is 0 Å². The number of methoxy groups -OCH3 is 1. The summed E-state index contributed by atoms with van der Waals surface area (Å²) in [6.45, 7) is 5.77. The topological polar surface area (TPSA) is 79.9 Å². The van der Waals surface area contributed by atoms with Gasteiger partial charge in [0, 0.05) is 18.7 Å². The molecule has 0 saturated carbocycles. The van der Waals surface area contributed by atoms with E-state index in [0.717, 1.165) is 12.1 Å². The molecule has 0 bridgehead atoms. The molecule has 206 valence electrons. The lowest BCUT2D eigenvalue weighted by atomic mass is 10.0. The highest BCUT2D eigenvalue weighted by molar-refractivity contribution is 7.92. The second-order valence-electron chi connectivity index (χ2n) is 8.83. The number of halogens is 3. The van der Waals surface area contributed by atoms with Crippen molar-refractivity contribution in [3.05, 3.63) is 94.8 Å². The SMILES string of the molecule is C=C(NC)NC[C@H]1CN(S(=O)(=O)c2ccc(F)c(OC)c2)c2cc(/C=C(\C)c3c(F)cccc3Cl)ccc2O1. The van der Waals surface area contributed by atoms with Crippen LogP contribution in [0.4, 0.5) is 14.5 Å². The number of hydrogen-bond acceptors (Lipinski definition) is 6. The van der Waals surface area contributed by atoms with Crippen LogP contribution in [0.1, 0.15) is 18.1 Å². The number of benzene rings is 3. The largest absolute Gasteiger partial charge is 0.494 e. The van der Waals surface area contributed by atoms with Gasteiger partial charge in [-0.15, -0.1) is 0 Å². The predicted molar refractivity (Wildman–Crippen MR) is 149 cm³/mol. The zero-order chi connectivity index (χ0) is 28.3. The minimum absolute atomic E-state index is 0.0374. The fraction of sp³-hybridized carbons (Fsp3) is 0.214. The van der Waals surface area contributed by atoms with E-state index in [1.807, 2.05) is 0 Å². The van der Waals surface area contributed by atoms with Gasteiger partial charge in [0.1, 0.15) is 17.7 Å². The van der Waals surface area contributed by atoms with Crippen molar-refractivity contribution in [3.8, 4) is 11.5 Å². The van der Waals surface area contributed by atoms with E-state index in [-0.39, 0.29) is 40.0 Å². The minimum Gasteiger partial charge on any atom is -0.494 e. The van der Waals surface area contributed by atoms with Crippen molar-refractivity contribution < 1.29 is 26.7 Å². The van der Waals surface area contributed by atoms with Gasteiger partial charge in [-0.3, -0.25) is 4.31 Å². The number of rotatable bonds is 9. The Labute approximate surface area is 231 Å². The fourth-order valence-corrected chi connectivity index (χ4v) is 6.03. The molecule has 0 radical (unpaired) electrons. The summed E-state index contributed by atoms with van der Waals surface area (Å²) in [5.74, 6) is -0.460. The minimum atomic E-state index is -4.17. The summed E-state index contributed by atoms with van der Waals surface area (Å²) in [4.78, 5) is -0.143. The Bertz CT molecular complexity index is 1530. The molecule has 7 nitrogen and oxygen atoms in total. The van der Waals surface area contributed by atoms with E-state index in [0.29, 0.717) is 22.7 Å². The highest BCUT2D eigenvalue weighted by atomic mass is 35.5. The number of ether oxygens (including phenoxy) is 2. The molecule has 1 atom stereocenters. The first-order valence-corrected chi connectivity index (χ1v) is 13.8. The Morgan fingerprint density at radius 3 is 2.67 bits per heavy atom. The zero-order valence-corrected chi connectivity index (χ0v) is 23.2. The summed E-state index contributed by atoms with van der Waals surface area (Å²) in [7, 11) is -1.21. The number of allylic oxidation sites excluding steroid dienone is 1. The summed E-state index contributed by atoms with van der Waals surface area (Å²) in [6, 6.07) is 12.9. The highest BCUT2D eigenvalue weighted by Gasteiger charge is 2.35. The Hall–Kier alpha value is -3.76. The first-order chi connectivity index (χ1) is 18.5. The van der Waals surface area contributed by atoms with Crippen molar-refractivity contribution in [2.45, 2.75) is 17.9 Å². The van der Waals surface area contributed by atoms with Crippen LogP contribution in [0, 0.1) is 11.6 Å². The molecule has 0 unspecified atom stereocenters. The monoisotopic (exact) mass is 575 g/mol. The van der Waals surface area contributed by atoms with E-state index in [1.165, 1.54) is 29.6 Å². The molecular weight excluding hydrogens is 548 g/mol. The first-order valence-electron chi connectivity index (χ1n) is 12.0. The Morgan fingerprint density at radius 1 is 1.21 bits per heavy atom. The molecule has 0 fully saturated rings. The number of sulfonamides is 1. The van der Waals surface area contributed by atoms with Crippen LogP contribution >= 0.6 is 11.6 Å². The van der Waals surface area contributed by atoms with Crippen LogP contribution < -0.4 is 24.4 Å². The molecule has 0 aliphatic carbocycles. The molecule has 2 N–H and O–H groups in total. The van der Waals surface area contributed by atoms with Crippen molar-refractivity contribution in [1.29, 1.82) is 0 Å². The van der Waals surface area contributed by atoms with Gasteiger partial charge in [-0.1, -0.05) is 36.4 Å². The van der Waals surface area contributed by atoms with Crippen LogP contribution in [0.5, 0.6) is 11.5 Å². The van der Waals surface area contributed by atoms with Crippen molar-refractivity contribution in [2.75, 3.05) is 31.6 Å². The molecule has 11 heteroatoms. The average Bonchev–Trinajstić information content (AvgIpc) is 2.91. The van der Waals surface area contributed by atoms with E-state index in [9.17, 15) is 17.2 Å². The smallest absolute Gasteiger partial charge is 0.264 e. The number of hydrogen-bond donors (Lipinski definition) is 2. The quantitative estimate of drug-likeness (QED) is 0.332. The maximum atomic E-state index is 14.5. The molecule has 4 rings (SSSR count). The molecule has 1 heterocycles. The lowest BCUT2D eigenvalue weighted by Gasteiger charge is -2.36. The molecule has 39 heavy (non-hydrogen) atoms. The van der Waals surface area contributed by atoms with Crippen LogP contribution in [-0.2, 0) is 10.0 Å². The van der Waals surface area contributed by atoms with Crippen molar-refractivity contribution >= 4 is 39.0 Å². The summed E-state index contributed by atoms with van der Waals surface area (Å²) in [5.41, 5.74) is 1.70. The van der Waals surface area contributed by atoms with Gasteiger partial charge in [-0.25, -0.2) is 17.2 Å². The molecule has 3 aromatic carbocycles. The van der Waals surface area contributed by atoms with Crippen LogP contribution in [0.25, 0.3) is 11.6 Å². The van der Waals surface area contributed by atoms with Gasteiger partial charge in [0.05, 0.1) is 41.6 Å². The van der Waals surface area contributed by atoms with Gasteiger partial charge in [-0.2, -0.15) is 0 Å². The standard InChI is InChI=1S/C28H28ClF2N3O4S/c1-17(28-22(29)6-5-7-24(28)31)12-19-8-11-26-25(13-19)34(16-20(38-26)15-33-18(2)32-3)39(35,36)21-9-10-23(30)27(14-21)37-4/h5-14,20,32-33H,2,15-16H2,1,3-4H3/b17-12+/t20-/m0/s1. The number of fused-ring (bicyclic) bond motifs is 1. The lowest BCUT2D eigenvalue weighted by Crippen LogP contribution is -2.48. The normalized spacial score (nSPS) is 15.3. The first kappa shape index (κ1) is 28.3.